The van der Waals surface area contributed by atoms with Crippen molar-refractivity contribution in [3.05, 3.63) is 45.8 Å². The van der Waals surface area contributed by atoms with Crippen LogP contribution in [0.5, 0.6) is 5.75 Å². The van der Waals surface area contributed by atoms with Gasteiger partial charge in [-0.1, -0.05) is 45.4 Å². The first kappa shape index (κ1) is 17.4. The van der Waals surface area contributed by atoms with Crippen molar-refractivity contribution >= 4 is 22.2 Å². The van der Waals surface area contributed by atoms with Gasteiger partial charge in [0.15, 0.2) is 0 Å². The molecule has 138 valence electrons. The molecular formula is C21H26N2O2S. The van der Waals surface area contributed by atoms with Crippen LogP contribution in [0.2, 0.25) is 0 Å². The minimum absolute atomic E-state index is 0.0299. The van der Waals surface area contributed by atoms with Crippen LogP contribution in [0.4, 0.5) is 5.00 Å². The van der Waals surface area contributed by atoms with Crippen LogP contribution in [0.1, 0.15) is 66.1 Å². The van der Waals surface area contributed by atoms with E-state index in [4.69, 9.17) is 0 Å². The van der Waals surface area contributed by atoms with E-state index in [9.17, 15) is 9.90 Å². The van der Waals surface area contributed by atoms with Gasteiger partial charge in [0, 0.05) is 10.4 Å². The molecule has 0 saturated carbocycles. The van der Waals surface area contributed by atoms with E-state index < -0.39 is 0 Å². The minimum Gasteiger partial charge on any atom is -0.508 e. The third-order valence-corrected chi connectivity index (χ3v) is 7.49. The molecule has 0 radical (unpaired) electrons. The van der Waals surface area contributed by atoms with E-state index in [1.165, 1.54) is 16.9 Å². The molecule has 26 heavy (non-hydrogen) atoms. The van der Waals surface area contributed by atoms with Gasteiger partial charge >= 0.3 is 0 Å². The summed E-state index contributed by atoms with van der Waals surface area (Å²) in [7, 11) is 0. The number of fused-ring (bicyclic) bond motifs is 3. The highest BCUT2D eigenvalue weighted by Gasteiger charge is 2.37. The number of phenols is 1. The fourth-order valence-electron chi connectivity index (χ4n) is 4.14. The number of hydrogen-bond donors (Lipinski definition) is 3. The molecule has 0 unspecified atom stereocenters. The molecule has 1 amide bonds. The number of amides is 1. The van der Waals surface area contributed by atoms with E-state index in [1.807, 2.05) is 12.1 Å². The zero-order chi connectivity index (χ0) is 18.5. The van der Waals surface area contributed by atoms with Gasteiger partial charge in [0.2, 0.25) is 0 Å². The topological polar surface area (TPSA) is 61.4 Å². The lowest BCUT2D eigenvalue weighted by Crippen LogP contribution is -2.38. The van der Waals surface area contributed by atoms with Gasteiger partial charge in [0.25, 0.3) is 5.91 Å². The molecule has 2 aliphatic rings. The lowest BCUT2D eigenvalue weighted by molar-refractivity contribution is 0.0934. The number of carbonyl (C=O) groups excluding carboxylic acids is 1. The fourth-order valence-corrected chi connectivity index (χ4v) is 5.49. The Bertz CT molecular complexity index is 856. The molecule has 5 heteroatoms. The van der Waals surface area contributed by atoms with Gasteiger partial charge in [-0.15, -0.1) is 11.3 Å². The second kappa shape index (κ2) is 6.31. The van der Waals surface area contributed by atoms with Crippen LogP contribution in [-0.2, 0) is 12.8 Å². The number of rotatable bonds is 3. The monoisotopic (exact) mass is 370 g/mol. The summed E-state index contributed by atoms with van der Waals surface area (Å²) >= 11 is 1.72. The molecule has 2 atom stereocenters. The number of benzene rings is 1. The van der Waals surface area contributed by atoms with Gasteiger partial charge in [-0.3, -0.25) is 4.79 Å². The van der Waals surface area contributed by atoms with E-state index in [1.54, 1.807) is 23.5 Å². The molecule has 4 nitrogen and oxygen atoms in total. The number of hydrogen-bond acceptors (Lipinski definition) is 4. The maximum atomic E-state index is 12.8. The molecule has 3 N–H and O–H groups in total. The zero-order valence-corrected chi connectivity index (χ0v) is 16.4. The molecule has 0 fully saturated rings. The highest BCUT2D eigenvalue weighted by atomic mass is 32.1. The average Bonchev–Trinajstić information content (AvgIpc) is 3.00. The Morgan fingerprint density at radius 1 is 1.27 bits per heavy atom. The Kier molecular flexibility index (Phi) is 4.22. The molecular weight excluding hydrogens is 344 g/mol. The number of anilines is 1. The van der Waals surface area contributed by atoms with Crippen molar-refractivity contribution in [1.82, 2.24) is 5.32 Å². The Morgan fingerprint density at radius 3 is 2.77 bits per heavy atom. The number of nitrogens with one attached hydrogen (secondary N) is 2. The first-order valence-corrected chi connectivity index (χ1v) is 10.2. The molecule has 1 aromatic heterocycles. The second-order valence-electron chi connectivity index (χ2n) is 8.10. The van der Waals surface area contributed by atoms with Gasteiger partial charge in [0.1, 0.15) is 16.9 Å². The number of para-hydroxylation sites is 1. The van der Waals surface area contributed by atoms with Gasteiger partial charge in [-0.2, -0.15) is 0 Å². The first-order chi connectivity index (χ1) is 12.4. The highest BCUT2D eigenvalue weighted by Crippen LogP contribution is 2.47. The van der Waals surface area contributed by atoms with Crippen molar-refractivity contribution in [2.75, 3.05) is 5.32 Å². The summed E-state index contributed by atoms with van der Waals surface area (Å²) in [5, 5.41) is 17.5. The van der Waals surface area contributed by atoms with E-state index in [0.717, 1.165) is 29.8 Å². The van der Waals surface area contributed by atoms with Crippen molar-refractivity contribution in [3.8, 4) is 5.75 Å². The first-order valence-electron chi connectivity index (χ1n) is 9.40. The zero-order valence-electron chi connectivity index (χ0n) is 15.6. The Hall–Kier alpha value is -2.01. The van der Waals surface area contributed by atoms with Crippen LogP contribution in [0.25, 0.3) is 0 Å². The largest absolute Gasteiger partial charge is 0.508 e. The van der Waals surface area contributed by atoms with Crippen molar-refractivity contribution < 1.29 is 9.90 Å². The molecule has 1 aliphatic carbocycles. The van der Waals surface area contributed by atoms with Crippen LogP contribution < -0.4 is 10.6 Å². The SMILES string of the molecule is CCC(C)(C)[C@H]1CCc2c(sc3c2C(=O)N[C@H](c2ccccc2O)N3)C1. The van der Waals surface area contributed by atoms with Crippen LogP contribution in [-0.4, -0.2) is 11.0 Å². The van der Waals surface area contributed by atoms with Crippen molar-refractivity contribution in [2.45, 2.75) is 52.6 Å². The summed E-state index contributed by atoms with van der Waals surface area (Å²) in [6, 6.07) is 7.14. The van der Waals surface area contributed by atoms with Crippen molar-refractivity contribution in [2.24, 2.45) is 11.3 Å². The van der Waals surface area contributed by atoms with E-state index in [0.29, 0.717) is 16.9 Å². The van der Waals surface area contributed by atoms with Crippen LogP contribution >= 0.6 is 11.3 Å². The predicted molar refractivity (Wildman–Crippen MR) is 106 cm³/mol. The van der Waals surface area contributed by atoms with Crippen LogP contribution in [0.3, 0.4) is 0 Å². The molecule has 4 rings (SSSR count). The third-order valence-electron chi connectivity index (χ3n) is 6.31. The minimum atomic E-state index is -0.390. The summed E-state index contributed by atoms with van der Waals surface area (Å²) in [4.78, 5) is 14.2. The Labute approximate surface area is 158 Å². The highest BCUT2D eigenvalue weighted by molar-refractivity contribution is 7.16. The molecule has 2 aromatic rings. The maximum Gasteiger partial charge on any atom is 0.256 e. The van der Waals surface area contributed by atoms with Crippen molar-refractivity contribution in [3.63, 3.8) is 0 Å². The Morgan fingerprint density at radius 2 is 2.04 bits per heavy atom. The summed E-state index contributed by atoms with van der Waals surface area (Å²) in [5.74, 6) is 0.828. The van der Waals surface area contributed by atoms with Gasteiger partial charge in [0.05, 0.1) is 5.56 Å². The quantitative estimate of drug-likeness (QED) is 0.724. The predicted octanol–water partition coefficient (Wildman–Crippen LogP) is 4.85. The van der Waals surface area contributed by atoms with Gasteiger partial charge in [-0.05, 0) is 42.2 Å². The number of phenolic OH excluding ortho intramolecular Hbond substituents is 1. The lowest BCUT2D eigenvalue weighted by atomic mass is 9.69. The molecule has 1 aromatic carbocycles. The Balaban J connectivity index is 1.65. The van der Waals surface area contributed by atoms with Crippen molar-refractivity contribution in [1.29, 1.82) is 0 Å². The summed E-state index contributed by atoms with van der Waals surface area (Å²) in [6.45, 7) is 6.98. The molecule has 1 aliphatic heterocycles. The summed E-state index contributed by atoms with van der Waals surface area (Å²) < 4.78 is 0. The van der Waals surface area contributed by atoms with E-state index in [2.05, 4.69) is 31.4 Å². The summed E-state index contributed by atoms with van der Waals surface area (Å²) in [5.41, 5.74) is 3.08. The number of thiophene rings is 1. The molecule has 0 spiro atoms. The van der Waals surface area contributed by atoms with E-state index >= 15 is 0 Å². The van der Waals surface area contributed by atoms with Crippen LogP contribution in [0.15, 0.2) is 24.3 Å². The van der Waals surface area contributed by atoms with Gasteiger partial charge < -0.3 is 15.7 Å². The molecule has 0 bridgehead atoms. The maximum absolute atomic E-state index is 12.8. The third kappa shape index (κ3) is 2.78. The molecule has 2 heterocycles. The number of aromatic hydroxyl groups is 1. The van der Waals surface area contributed by atoms with Gasteiger partial charge in [-0.25, -0.2) is 0 Å². The van der Waals surface area contributed by atoms with E-state index in [-0.39, 0.29) is 17.8 Å². The normalized spacial score (nSPS) is 22.2. The smallest absolute Gasteiger partial charge is 0.256 e. The standard InChI is InChI=1S/C21H26N2O2S/c1-4-21(2,3)12-9-10-14-16(11-12)26-20-17(14)19(25)22-18(23-20)13-7-5-6-8-15(13)24/h5-8,12,18,23-24H,4,9-11H2,1-3H3,(H,22,25)/t12-,18-/m0/s1. The lowest BCUT2D eigenvalue weighted by Gasteiger charge is -2.36. The summed E-state index contributed by atoms with van der Waals surface area (Å²) in [6.07, 6.45) is 3.97. The fraction of sp³-hybridized carbons (Fsp3) is 0.476. The molecule has 0 saturated heterocycles. The second-order valence-corrected chi connectivity index (χ2v) is 9.20. The van der Waals surface area contributed by atoms with Crippen LogP contribution in [0, 0.1) is 11.3 Å². The number of carbonyl (C=O) groups is 1. The average molecular weight is 371 g/mol.